The molecular weight excluding hydrogens is 402 g/mol. The van der Waals surface area contributed by atoms with Crippen molar-refractivity contribution in [1.29, 1.82) is 5.26 Å². The van der Waals surface area contributed by atoms with E-state index in [1.165, 1.54) is 0 Å². The predicted molar refractivity (Wildman–Crippen MR) is 119 cm³/mol. The molecule has 4 rings (SSSR count). The van der Waals surface area contributed by atoms with Crippen molar-refractivity contribution in [1.82, 2.24) is 19.4 Å². The smallest absolute Gasteiger partial charge is 0.245 e. The zero-order valence-electron chi connectivity index (χ0n) is 18.0. The highest BCUT2D eigenvalue weighted by Gasteiger charge is 2.36. The lowest BCUT2D eigenvalue weighted by molar-refractivity contribution is -0.140. The van der Waals surface area contributed by atoms with Crippen molar-refractivity contribution in [3.05, 3.63) is 89.5 Å². The van der Waals surface area contributed by atoms with Crippen molar-refractivity contribution in [2.24, 2.45) is 0 Å². The number of hydrogen-bond acceptors (Lipinski definition) is 4. The minimum Gasteiger partial charge on any atom is -0.336 e. The van der Waals surface area contributed by atoms with Gasteiger partial charge in [-0.05, 0) is 29.7 Å². The predicted octanol–water partition coefficient (Wildman–Crippen LogP) is 2.61. The van der Waals surface area contributed by atoms with E-state index in [4.69, 9.17) is 5.26 Å². The van der Waals surface area contributed by atoms with Crippen molar-refractivity contribution >= 4 is 11.8 Å². The maximum Gasteiger partial charge on any atom is 0.245 e. The summed E-state index contributed by atoms with van der Waals surface area (Å²) in [7, 11) is 1.71. The molecule has 0 spiro atoms. The van der Waals surface area contributed by atoms with Gasteiger partial charge >= 0.3 is 0 Å². The van der Waals surface area contributed by atoms with Crippen LogP contribution in [-0.2, 0) is 29.1 Å². The van der Waals surface area contributed by atoms with Gasteiger partial charge in [0.2, 0.25) is 11.8 Å². The first-order valence-corrected chi connectivity index (χ1v) is 10.6. The van der Waals surface area contributed by atoms with Crippen LogP contribution in [0.2, 0.25) is 0 Å². The first kappa shape index (κ1) is 21.3. The zero-order chi connectivity index (χ0) is 22.5. The minimum absolute atomic E-state index is 0.00390. The molecule has 0 bridgehead atoms. The molecule has 1 aliphatic rings. The minimum atomic E-state index is -0.430. The number of nitriles is 1. The molecule has 0 aliphatic carbocycles. The first-order valence-electron chi connectivity index (χ1n) is 10.6. The highest BCUT2D eigenvalue weighted by atomic mass is 16.2. The summed E-state index contributed by atoms with van der Waals surface area (Å²) in [6, 6.07) is 18.9. The fourth-order valence-electron chi connectivity index (χ4n) is 4.02. The molecule has 32 heavy (non-hydrogen) atoms. The molecule has 0 N–H and O–H groups in total. The molecule has 1 aliphatic heterocycles. The highest BCUT2D eigenvalue weighted by Crippen LogP contribution is 2.20. The van der Waals surface area contributed by atoms with Gasteiger partial charge in [0.05, 0.1) is 24.4 Å². The summed E-state index contributed by atoms with van der Waals surface area (Å²) in [4.78, 5) is 33.5. The van der Waals surface area contributed by atoms with Gasteiger partial charge in [0.1, 0.15) is 6.04 Å². The largest absolute Gasteiger partial charge is 0.336 e. The molecule has 2 heterocycles. The fourth-order valence-corrected chi connectivity index (χ4v) is 4.02. The van der Waals surface area contributed by atoms with Crippen molar-refractivity contribution in [2.45, 2.75) is 32.0 Å². The Morgan fingerprint density at radius 1 is 1.12 bits per heavy atom. The number of imidazole rings is 1. The van der Waals surface area contributed by atoms with E-state index >= 15 is 0 Å². The van der Waals surface area contributed by atoms with Crippen LogP contribution in [0.5, 0.6) is 0 Å². The molecule has 1 aromatic heterocycles. The zero-order valence-corrected chi connectivity index (χ0v) is 18.0. The normalized spacial score (nSPS) is 15.6. The second-order valence-electron chi connectivity index (χ2n) is 8.05. The molecule has 2 amide bonds. The number of likely N-dealkylation sites (tertiary alicyclic amines) is 1. The van der Waals surface area contributed by atoms with Gasteiger partial charge < -0.3 is 14.4 Å². The third-order valence-corrected chi connectivity index (χ3v) is 5.91. The van der Waals surface area contributed by atoms with E-state index in [1.54, 1.807) is 36.6 Å². The summed E-state index contributed by atoms with van der Waals surface area (Å²) in [5, 5.41) is 8.94. The third-order valence-electron chi connectivity index (χ3n) is 5.91. The molecule has 162 valence electrons. The summed E-state index contributed by atoms with van der Waals surface area (Å²) in [5.41, 5.74) is 3.51. The Kier molecular flexibility index (Phi) is 6.31. The van der Waals surface area contributed by atoms with Gasteiger partial charge in [0.25, 0.3) is 0 Å². The molecule has 1 atom stereocenters. The van der Waals surface area contributed by atoms with E-state index in [0.29, 0.717) is 31.6 Å². The maximum absolute atomic E-state index is 13.0. The second kappa shape index (κ2) is 9.48. The lowest BCUT2D eigenvalue weighted by Gasteiger charge is -2.24. The van der Waals surface area contributed by atoms with Gasteiger partial charge in [-0.1, -0.05) is 42.5 Å². The molecular formula is C25H25N5O2. The monoisotopic (exact) mass is 427 g/mol. The summed E-state index contributed by atoms with van der Waals surface area (Å²) < 4.78 is 1.92. The van der Waals surface area contributed by atoms with E-state index < -0.39 is 6.04 Å². The maximum atomic E-state index is 13.0. The summed E-state index contributed by atoms with van der Waals surface area (Å²) >= 11 is 0. The van der Waals surface area contributed by atoms with Crippen LogP contribution in [0.4, 0.5) is 0 Å². The molecule has 0 unspecified atom stereocenters. The van der Waals surface area contributed by atoms with Crippen LogP contribution in [0.1, 0.15) is 28.8 Å². The topological polar surface area (TPSA) is 82.2 Å². The quantitative estimate of drug-likeness (QED) is 0.580. The number of hydrogen-bond donors (Lipinski definition) is 0. The Balaban J connectivity index is 1.37. The van der Waals surface area contributed by atoms with Crippen LogP contribution in [0.3, 0.4) is 0 Å². The molecule has 7 heteroatoms. The van der Waals surface area contributed by atoms with E-state index in [1.807, 2.05) is 51.9 Å². The first-order chi connectivity index (χ1) is 15.5. The van der Waals surface area contributed by atoms with E-state index in [2.05, 4.69) is 11.1 Å². The van der Waals surface area contributed by atoms with E-state index in [9.17, 15) is 9.59 Å². The van der Waals surface area contributed by atoms with Crippen LogP contribution in [0, 0.1) is 11.3 Å². The lowest BCUT2D eigenvalue weighted by atomic mass is 10.1. The summed E-state index contributed by atoms with van der Waals surface area (Å²) in [6.45, 7) is 1.77. The third kappa shape index (κ3) is 4.70. The van der Waals surface area contributed by atoms with Gasteiger partial charge in [-0.15, -0.1) is 0 Å². The Hall–Kier alpha value is -3.92. The van der Waals surface area contributed by atoms with Crippen LogP contribution in [-0.4, -0.2) is 50.8 Å². The number of carbonyl (C=O) groups excluding carboxylic acids is 2. The highest BCUT2D eigenvalue weighted by molar-refractivity contribution is 5.89. The molecule has 2 aromatic carbocycles. The average molecular weight is 428 g/mol. The number of aromatic nitrogens is 2. The van der Waals surface area contributed by atoms with E-state index in [0.717, 1.165) is 16.8 Å². The average Bonchev–Trinajstić information content (AvgIpc) is 3.40. The molecule has 0 radical (unpaired) electrons. The summed E-state index contributed by atoms with van der Waals surface area (Å²) in [5.74, 6) is -0.109. The van der Waals surface area contributed by atoms with Crippen molar-refractivity contribution in [3.8, 4) is 6.07 Å². The van der Waals surface area contributed by atoms with Crippen molar-refractivity contribution in [2.75, 3.05) is 13.6 Å². The number of benzene rings is 2. The number of likely N-dealkylation sites (N-methyl/N-ethyl adjacent to an activating group) is 1. The van der Waals surface area contributed by atoms with Crippen molar-refractivity contribution < 1.29 is 9.59 Å². The van der Waals surface area contributed by atoms with Gasteiger partial charge in [0, 0.05) is 38.6 Å². The number of rotatable bonds is 7. The molecule has 0 saturated carbocycles. The van der Waals surface area contributed by atoms with Crippen LogP contribution < -0.4 is 0 Å². The summed E-state index contributed by atoms with van der Waals surface area (Å²) in [6.07, 6.45) is 4.20. The molecule has 1 fully saturated rings. The number of carbonyl (C=O) groups is 2. The van der Waals surface area contributed by atoms with Gasteiger partial charge in [-0.25, -0.2) is 4.98 Å². The van der Waals surface area contributed by atoms with Gasteiger partial charge in [-0.3, -0.25) is 9.59 Å². The van der Waals surface area contributed by atoms with Crippen LogP contribution >= 0.6 is 0 Å². The Labute approximate surface area is 187 Å². The number of nitrogens with zero attached hydrogens (tertiary/aromatic N) is 5. The van der Waals surface area contributed by atoms with Crippen LogP contribution in [0.15, 0.2) is 67.1 Å². The van der Waals surface area contributed by atoms with Gasteiger partial charge in [0.15, 0.2) is 0 Å². The second-order valence-corrected chi connectivity index (χ2v) is 8.05. The Morgan fingerprint density at radius 3 is 2.56 bits per heavy atom. The van der Waals surface area contributed by atoms with Crippen LogP contribution in [0.25, 0.3) is 0 Å². The Morgan fingerprint density at radius 2 is 1.84 bits per heavy atom. The molecule has 3 aromatic rings. The van der Waals surface area contributed by atoms with E-state index in [-0.39, 0.29) is 18.2 Å². The fraction of sp³-hybridized carbons (Fsp3) is 0.280. The molecule has 7 nitrogen and oxygen atoms in total. The number of amides is 2. The van der Waals surface area contributed by atoms with Crippen molar-refractivity contribution in [3.63, 3.8) is 0 Å². The van der Waals surface area contributed by atoms with Gasteiger partial charge in [-0.2, -0.15) is 5.26 Å². The SMILES string of the molecule is CN(C(=O)Cc1cncn1Cc1ccc(C#N)cc1)[C@@H]1CCN(Cc2ccccc2)C1=O. The standard InChI is InChI=1S/C25H25N5O2/c1-28(23-11-12-29(25(23)32)16-20-5-3-2-4-6-20)24(31)13-22-15-27-18-30(22)17-21-9-7-19(14-26)8-10-21/h2-10,15,18,23H,11-13,16-17H2,1H3/t23-/m1/s1. The lowest BCUT2D eigenvalue weighted by Crippen LogP contribution is -2.43. The Bertz CT molecular complexity index is 1130. The molecule has 1 saturated heterocycles.